The molecule has 1 unspecified atom stereocenters. The molecule has 0 bridgehead atoms. The van der Waals surface area contributed by atoms with E-state index in [2.05, 4.69) is 10.7 Å². The van der Waals surface area contributed by atoms with Crippen molar-refractivity contribution in [2.75, 3.05) is 18.6 Å². The summed E-state index contributed by atoms with van der Waals surface area (Å²) in [7, 11) is 0. The van der Waals surface area contributed by atoms with E-state index in [9.17, 15) is 14.9 Å². The number of nitrogens with zero attached hydrogens (tertiary/aromatic N) is 1. The second-order valence-corrected chi connectivity index (χ2v) is 4.69. The molecule has 0 radical (unpaired) electrons. The van der Waals surface area contributed by atoms with Gasteiger partial charge in [-0.25, -0.2) is 0 Å². The minimum absolute atomic E-state index is 0.00527. The summed E-state index contributed by atoms with van der Waals surface area (Å²) in [6, 6.07) is 2.19. The summed E-state index contributed by atoms with van der Waals surface area (Å²) < 4.78 is 5.18. The van der Waals surface area contributed by atoms with E-state index in [0.717, 1.165) is 6.07 Å². The molecule has 0 saturated carbocycles. The van der Waals surface area contributed by atoms with Gasteiger partial charge >= 0.3 is 0 Å². The normalized spacial score (nSPS) is 11.8. The van der Waals surface area contributed by atoms with E-state index in [0.29, 0.717) is 13.2 Å². The van der Waals surface area contributed by atoms with E-state index in [1.165, 1.54) is 6.07 Å². The monoisotopic (exact) mass is 316 g/mol. The largest absolute Gasteiger partial charge is 0.380 e. The quantitative estimate of drug-likeness (QED) is 0.400. The number of amides is 1. The second kappa shape index (κ2) is 7.77. The van der Waals surface area contributed by atoms with Crippen molar-refractivity contribution in [3.05, 3.63) is 32.8 Å². The maximum Gasteiger partial charge on any atom is 0.295 e. The Morgan fingerprint density at radius 2 is 2.24 bits per heavy atom. The van der Waals surface area contributed by atoms with Crippen LogP contribution in [-0.4, -0.2) is 30.1 Å². The number of nitro groups is 1. The molecule has 8 nitrogen and oxygen atoms in total. The Hall–Kier alpha value is -1.90. The van der Waals surface area contributed by atoms with Gasteiger partial charge in [0, 0.05) is 24.3 Å². The second-order valence-electron chi connectivity index (χ2n) is 4.29. The number of nitrogen functional groups attached to an aromatic ring is 1. The molecule has 1 aromatic carbocycles. The van der Waals surface area contributed by atoms with E-state index < -0.39 is 10.8 Å². The number of nitro benzene ring substituents is 1. The highest BCUT2D eigenvalue weighted by molar-refractivity contribution is 6.34. The number of anilines is 1. The zero-order valence-electron chi connectivity index (χ0n) is 11.7. The lowest BCUT2D eigenvalue weighted by molar-refractivity contribution is -0.384. The SMILES string of the molecule is CCOCC(C)NC(=O)c1cc(Cl)c(NN)c([N+](=O)[O-])c1. The summed E-state index contributed by atoms with van der Waals surface area (Å²) in [5, 5.41) is 13.6. The van der Waals surface area contributed by atoms with Crippen LogP contribution in [0.4, 0.5) is 11.4 Å². The number of benzene rings is 1. The van der Waals surface area contributed by atoms with Crippen LogP contribution in [0.5, 0.6) is 0 Å². The molecule has 21 heavy (non-hydrogen) atoms. The van der Waals surface area contributed by atoms with Gasteiger partial charge in [0.25, 0.3) is 11.6 Å². The van der Waals surface area contributed by atoms with Crippen LogP contribution >= 0.6 is 11.6 Å². The number of carbonyl (C=O) groups is 1. The number of nitrogens with two attached hydrogens (primary N) is 1. The maximum absolute atomic E-state index is 12.0. The van der Waals surface area contributed by atoms with Crippen molar-refractivity contribution in [3.8, 4) is 0 Å². The van der Waals surface area contributed by atoms with Crippen molar-refractivity contribution in [1.29, 1.82) is 0 Å². The van der Waals surface area contributed by atoms with Crippen LogP contribution in [-0.2, 0) is 4.74 Å². The number of nitrogens with one attached hydrogen (secondary N) is 2. The zero-order valence-corrected chi connectivity index (χ0v) is 12.4. The fourth-order valence-electron chi connectivity index (χ4n) is 1.65. The first-order valence-corrected chi connectivity index (χ1v) is 6.61. The van der Waals surface area contributed by atoms with Gasteiger partial charge in [0.05, 0.1) is 16.6 Å². The van der Waals surface area contributed by atoms with E-state index >= 15 is 0 Å². The molecular formula is C12H17ClN4O4. The van der Waals surface area contributed by atoms with Crippen molar-refractivity contribution in [2.24, 2.45) is 5.84 Å². The molecule has 0 fully saturated rings. The van der Waals surface area contributed by atoms with Gasteiger partial charge in [-0.3, -0.25) is 20.8 Å². The Bertz CT molecular complexity index is 538. The Labute approximate surface area is 126 Å². The number of hydrogen-bond acceptors (Lipinski definition) is 6. The van der Waals surface area contributed by atoms with Gasteiger partial charge in [-0.15, -0.1) is 0 Å². The lowest BCUT2D eigenvalue weighted by Gasteiger charge is -2.14. The molecule has 116 valence electrons. The first-order chi connectivity index (χ1) is 9.90. The van der Waals surface area contributed by atoms with Crippen molar-refractivity contribution < 1.29 is 14.5 Å². The minimum Gasteiger partial charge on any atom is -0.380 e. The molecule has 1 rings (SSSR count). The van der Waals surface area contributed by atoms with Crippen LogP contribution in [0.2, 0.25) is 5.02 Å². The highest BCUT2D eigenvalue weighted by atomic mass is 35.5. The maximum atomic E-state index is 12.0. The van der Waals surface area contributed by atoms with Gasteiger partial charge in [0.2, 0.25) is 0 Å². The average molecular weight is 317 g/mol. The van der Waals surface area contributed by atoms with E-state index in [1.807, 2.05) is 6.92 Å². The third-order valence-corrected chi connectivity index (χ3v) is 2.92. The topological polar surface area (TPSA) is 120 Å². The number of hydrazine groups is 1. The first kappa shape index (κ1) is 17.2. The highest BCUT2D eigenvalue weighted by Gasteiger charge is 2.21. The molecular weight excluding hydrogens is 300 g/mol. The first-order valence-electron chi connectivity index (χ1n) is 6.23. The van der Waals surface area contributed by atoms with Gasteiger partial charge in [-0.1, -0.05) is 11.6 Å². The van der Waals surface area contributed by atoms with Crippen molar-refractivity contribution in [3.63, 3.8) is 0 Å². The van der Waals surface area contributed by atoms with Gasteiger partial charge < -0.3 is 15.5 Å². The Kier molecular flexibility index (Phi) is 6.35. The van der Waals surface area contributed by atoms with Gasteiger partial charge in [0.15, 0.2) is 0 Å². The fourth-order valence-corrected chi connectivity index (χ4v) is 1.92. The molecule has 0 aliphatic heterocycles. The zero-order chi connectivity index (χ0) is 16.0. The number of ether oxygens (including phenoxy) is 1. The number of rotatable bonds is 7. The van der Waals surface area contributed by atoms with Gasteiger partial charge in [-0.2, -0.15) is 0 Å². The Morgan fingerprint density at radius 1 is 1.57 bits per heavy atom. The summed E-state index contributed by atoms with van der Waals surface area (Å²) >= 11 is 5.89. The molecule has 0 spiro atoms. The molecule has 0 aromatic heterocycles. The van der Waals surface area contributed by atoms with Gasteiger partial charge in [0.1, 0.15) is 5.69 Å². The predicted molar refractivity (Wildman–Crippen MR) is 79.3 cm³/mol. The molecule has 0 aliphatic rings. The molecule has 1 aromatic rings. The molecule has 1 amide bonds. The summed E-state index contributed by atoms with van der Waals surface area (Å²) in [6.07, 6.45) is 0. The number of halogens is 1. The average Bonchev–Trinajstić information content (AvgIpc) is 2.43. The molecule has 0 saturated heterocycles. The number of carbonyl (C=O) groups excluding carboxylic acids is 1. The third-order valence-electron chi connectivity index (χ3n) is 2.62. The van der Waals surface area contributed by atoms with Crippen molar-refractivity contribution in [1.82, 2.24) is 5.32 Å². The van der Waals surface area contributed by atoms with E-state index in [1.54, 1.807) is 6.92 Å². The molecule has 0 heterocycles. The minimum atomic E-state index is -0.665. The summed E-state index contributed by atoms with van der Waals surface area (Å²) in [6.45, 7) is 4.49. The standard InChI is InChI=1S/C12H17ClN4O4/c1-3-21-6-7(2)15-12(18)8-4-9(13)11(16-14)10(5-8)17(19)20/h4-5,7,16H,3,6,14H2,1-2H3,(H,15,18). The fraction of sp³-hybridized carbons (Fsp3) is 0.417. The molecule has 4 N–H and O–H groups in total. The smallest absolute Gasteiger partial charge is 0.295 e. The summed E-state index contributed by atoms with van der Waals surface area (Å²) in [4.78, 5) is 22.4. The third kappa shape index (κ3) is 4.55. The number of hydrogen-bond donors (Lipinski definition) is 3. The summed E-state index contributed by atoms with van der Waals surface area (Å²) in [5.74, 6) is 4.72. The molecule has 0 aliphatic carbocycles. The van der Waals surface area contributed by atoms with Gasteiger partial charge in [-0.05, 0) is 19.9 Å². The molecule has 1 atom stereocenters. The van der Waals surface area contributed by atoms with Crippen LogP contribution in [0.1, 0.15) is 24.2 Å². The Morgan fingerprint density at radius 3 is 2.76 bits per heavy atom. The van der Waals surface area contributed by atoms with Crippen molar-refractivity contribution >= 4 is 28.9 Å². The van der Waals surface area contributed by atoms with Crippen LogP contribution in [0, 0.1) is 10.1 Å². The van der Waals surface area contributed by atoms with Crippen LogP contribution in [0.25, 0.3) is 0 Å². The van der Waals surface area contributed by atoms with E-state index in [-0.39, 0.29) is 28.0 Å². The molecule has 9 heteroatoms. The van der Waals surface area contributed by atoms with Crippen LogP contribution < -0.4 is 16.6 Å². The lowest BCUT2D eigenvalue weighted by Crippen LogP contribution is -2.36. The van der Waals surface area contributed by atoms with Crippen LogP contribution in [0.15, 0.2) is 12.1 Å². The van der Waals surface area contributed by atoms with Crippen molar-refractivity contribution in [2.45, 2.75) is 19.9 Å². The van der Waals surface area contributed by atoms with Crippen LogP contribution in [0.3, 0.4) is 0 Å². The Balaban J connectivity index is 2.98. The summed E-state index contributed by atoms with van der Waals surface area (Å²) in [5.41, 5.74) is 1.82. The highest BCUT2D eigenvalue weighted by Crippen LogP contribution is 2.32. The predicted octanol–water partition coefficient (Wildman–Crippen LogP) is 1.69. The lowest BCUT2D eigenvalue weighted by atomic mass is 10.1. The van der Waals surface area contributed by atoms with E-state index in [4.69, 9.17) is 22.2 Å².